The number of esters is 1. The van der Waals surface area contributed by atoms with Crippen LogP contribution in [0.1, 0.15) is 44.9 Å². The Hall–Kier alpha value is -0.970. The first kappa shape index (κ1) is 31.2. The summed E-state index contributed by atoms with van der Waals surface area (Å²) in [6.07, 6.45) is -8.43. The minimum Gasteiger partial charge on any atom is -0.469 e. The minimum absolute atomic E-state index is 0.0909. The number of hydrogen-bond acceptors (Lipinski definition) is 13. The lowest BCUT2D eigenvalue weighted by molar-refractivity contribution is -0.367. The molecule has 2 rings (SSSR count). The van der Waals surface area contributed by atoms with Crippen LogP contribution in [0.2, 0.25) is 0 Å². The molecule has 212 valence electrons. The summed E-state index contributed by atoms with van der Waals surface area (Å²) in [7, 11) is 2.74. The molecule has 0 aliphatic carbocycles. The maximum atomic E-state index is 11.1. The summed E-state index contributed by atoms with van der Waals surface area (Å²) in [6, 6.07) is 0. The first-order valence-electron chi connectivity index (χ1n) is 12.4. The van der Waals surface area contributed by atoms with E-state index in [2.05, 4.69) is 4.74 Å². The zero-order chi connectivity index (χ0) is 26.7. The Morgan fingerprint density at radius 1 is 0.750 bits per heavy atom. The lowest BCUT2D eigenvalue weighted by atomic mass is 9.97. The number of carbonyl (C=O) groups is 1. The Labute approximate surface area is 210 Å². The van der Waals surface area contributed by atoms with E-state index in [1.54, 1.807) is 0 Å². The van der Waals surface area contributed by atoms with Crippen LogP contribution in [-0.2, 0) is 33.2 Å². The number of unbranched alkanes of at least 4 members (excludes halogenated alkanes) is 5. The SMILES string of the molecule is COC[C@H]1O[C@H](O[C@H]2[C@@H](OCCCCCCCCC(=O)OC)O[C@H](CO)[C@@H](O)[C@@H]2O)[C@H](O)[C@@H](O)[C@@H]1O. The first-order valence-corrected chi connectivity index (χ1v) is 12.4. The summed E-state index contributed by atoms with van der Waals surface area (Å²) >= 11 is 0. The average molecular weight is 527 g/mol. The van der Waals surface area contributed by atoms with Crippen molar-refractivity contribution in [2.75, 3.05) is 34.0 Å². The van der Waals surface area contributed by atoms with Crippen LogP contribution >= 0.6 is 0 Å². The fraction of sp³-hybridized carbons (Fsp3) is 0.957. The molecule has 13 heteroatoms. The van der Waals surface area contributed by atoms with Crippen LogP contribution in [0.15, 0.2) is 0 Å². The molecular weight excluding hydrogens is 484 g/mol. The first-order chi connectivity index (χ1) is 17.2. The predicted molar refractivity (Wildman–Crippen MR) is 121 cm³/mol. The van der Waals surface area contributed by atoms with Crippen LogP contribution in [0.25, 0.3) is 0 Å². The third-order valence-corrected chi connectivity index (χ3v) is 6.40. The fourth-order valence-corrected chi connectivity index (χ4v) is 4.20. The van der Waals surface area contributed by atoms with E-state index < -0.39 is 68.0 Å². The van der Waals surface area contributed by atoms with Crippen LogP contribution in [-0.4, -0.2) is 132 Å². The van der Waals surface area contributed by atoms with Gasteiger partial charge in [-0.1, -0.05) is 25.7 Å². The second kappa shape index (κ2) is 16.1. The molecule has 0 aromatic heterocycles. The van der Waals surface area contributed by atoms with Crippen LogP contribution in [0.3, 0.4) is 0 Å². The molecule has 36 heavy (non-hydrogen) atoms. The number of hydrogen-bond donors (Lipinski definition) is 6. The number of aliphatic hydroxyl groups is 6. The van der Waals surface area contributed by atoms with Crippen LogP contribution in [0.4, 0.5) is 0 Å². The number of carbonyl (C=O) groups excluding carboxylic acids is 1. The van der Waals surface area contributed by atoms with Crippen molar-refractivity contribution < 1.29 is 63.9 Å². The van der Waals surface area contributed by atoms with Crippen molar-refractivity contribution >= 4 is 5.97 Å². The largest absolute Gasteiger partial charge is 0.469 e. The lowest BCUT2D eigenvalue weighted by Gasteiger charge is -2.46. The number of rotatable bonds is 15. The minimum atomic E-state index is -1.66. The van der Waals surface area contributed by atoms with E-state index >= 15 is 0 Å². The highest BCUT2D eigenvalue weighted by molar-refractivity contribution is 5.68. The van der Waals surface area contributed by atoms with Crippen LogP contribution in [0, 0.1) is 0 Å². The quantitative estimate of drug-likeness (QED) is 0.103. The van der Waals surface area contributed by atoms with Gasteiger partial charge in [0.25, 0.3) is 0 Å². The van der Waals surface area contributed by atoms with Crippen molar-refractivity contribution in [3.05, 3.63) is 0 Å². The monoisotopic (exact) mass is 526 g/mol. The van der Waals surface area contributed by atoms with Gasteiger partial charge in [-0.25, -0.2) is 0 Å². The van der Waals surface area contributed by atoms with E-state index in [9.17, 15) is 35.4 Å². The maximum Gasteiger partial charge on any atom is 0.305 e. The van der Waals surface area contributed by atoms with E-state index in [0.29, 0.717) is 12.8 Å². The smallest absolute Gasteiger partial charge is 0.305 e. The van der Waals surface area contributed by atoms with E-state index in [1.165, 1.54) is 14.2 Å². The number of aliphatic hydroxyl groups excluding tert-OH is 6. The summed E-state index contributed by atoms with van der Waals surface area (Å²) in [6.45, 7) is -0.429. The van der Waals surface area contributed by atoms with Gasteiger partial charge in [0.05, 0.1) is 20.3 Å². The summed E-state index contributed by atoms with van der Waals surface area (Å²) in [5.74, 6) is -0.216. The summed E-state index contributed by atoms with van der Waals surface area (Å²) < 4.78 is 32.2. The standard InChI is InChI=1S/C23H42O13/c1-31-12-14-17(27)18(28)20(30)22(35-14)36-21-19(29)16(26)13(11-24)34-23(21)33-10-8-6-4-3-5-7-9-15(25)32-2/h13-14,16-24,26-30H,3-12H2,1-2H3/t13-,14-,16-,17-,18+,19+,20-,21-,22-,23+/m1/s1. The highest BCUT2D eigenvalue weighted by Gasteiger charge is 2.50. The third-order valence-electron chi connectivity index (χ3n) is 6.40. The van der Waals surface area contributed by atoms with Gasteiger partial charge in [0, 0.05) is 20.1 Å². The molecule has 0 amide bonds. The highest BCUT2D eigenvalue weighted by Crippen LogP contribution is 2.30. The van der Waals surface area contributed by atoms with Crippen LogP contribution < -0.4 is 0 Å². The molecule has 0 aromatic carbocycles. The summed E-state index contributed by atoms with van der Waals surface area (Å²) in [5, 5.41) is 61.1. The third kappa shape index (κ3) is 8.81. The molecule has 0 bridgehead atoms. The van der Waals surface area contributed by atoms with Crippen LogP contribution in [0.5, 0.6) is 0 Å². The van der Waals surface area contributed by atoms with Gasteiger partial charge in [-0.2, -0.15) is 0 Å². The Balaban J connectivity index is 1.88. The van der Waals surface area contributed by atoms with Crippen molar-refractivity contribution in [3.8, 4) is 0 Å². The maximum absolute atomic E-state index is 11.1. The molecule has 2 aliphatic heterocycles. The molecule has 2 saturated heterocycles. The van der Waals surface area contributed by atoms with Gasteiger partial charge in [-0.3, -0.25) is 4.79 Å². The number of methoxy groups -OCH3 is 2. The van der Waals surface area contributed by atoms with E-state index in [0.717, 1.165) is 32.1 Å². The van der Waals surface area contributed by atoms with Gasteiger partial charge in [0.2, 0.25) is 0 Å². The number of ether oxygens (including phenoxy) is 6. The normalized spacial score (nSPS) is 37.1. The molecule has 0 aromatic rings. The molecule has 13 nitrogen and oxygen atoms in total. The molecule has 0 radical (unpaired) electrons. The van der Waals surface area contributed by atoms with Gasteiger partial charge in [-0.15, -0.1) is 0 Å². The highest BCUT2D eigenvalue weighted by atomic mass is 16.8. The lowest BCUT2D eigenvalue weighted by Crippen LogP contribution is -2.64. The van der Waals surface area contributed by atoms with Gasteiger partial charge in [0.1, 0.15) is 48.8 Å². The molecule has 10 atom stereocenters. The van der Waals surface area contributed by atoms with E-state index in [-0.39, 0.29) is 19.2 Å². The Kier molecular flexibility index (Phi) is 14.0. The Morgan fingerprint density at radius 3 is 2.00 bits per heavy atom. The zero-order valence-corrected chi connectivity index (χ0v) is 20.9. The predicted octanol–water partition coefficient (Wildman–Crippen LogP) is -1.82. The van der Waals surface area contributed by atoms with Crippen molar-refractivity contribution in [2.45, 2.75) is 106 Å². The van der Waals surface area contributed by atoms with Gasteiger partial charge >= 0.3 is 5.97 Å². The summed E-state index contributed by atoms with van der Waals surface area (Å²) in [5.41, 5.74) is 0. The summed E-state index contributed by atoms with van der Waals surface area (Å²) in [4.78, 5) is 11.1. The van der Waals surface area contributed by atoms with Gasteiger partial charge in [-0.05, 0) is 12.8 Å². The van der Waals surface area contributed by atoms with E-state index in [4.69, 9.17) is 23.7 Å². The molecule has 0 saturated carbocycles. The second-order valence-electron chi connectivity index (χ2n) is 9.10. The topological polar surface area (TPSA) is 194 Å². The Bertz CT molecular complexity index is 623. The molecule has 0 spiro atoms. The van der Waals surface area contributed by atoms with Crippen molar-refractivity contribution in [1.82, 2.24) is 0 Å². The van der Waals surface area contributed by atoms with Gasteiger partial charge < -0.3 is 59.1 Å². The molecule has 0 unspecified atom stereocenters. The van der Waals surface area contributed by atoms with Crippen molar-refractivity contribution in [1.29, 1.82) is 0 Å². The Morgan fingerprint density at radius 2 is 1.36 bits per heavy atom. The van der Waals surface area contributed by atoms with Crippen molar-refractivity contribution in [3.63, 3.8) is 0 Å². The molecular formula is C23H42O13. The second-order valence-corrected chi connectivity index (χ2v) is 9.10. The van der Waals surface area contributed by atoms with E-state index in [1.807, 2.05) is 0 Å². The molecule has 2 heterocycles. The molecule has 2 aliphatic rings. The average Bonchev–Trinajstić information content (AvgIpc) is 2.87. The molecule has 2 fully saturated rings. The van der Waals surface area contributed by atoms with Gasteiger partial charge in [0.15, 0.2) is 12.6 Å². The van der Waals surface area contributed by atoms with Crippen molar-refractivity contribution in [2.24, 2.45) is 0 Å². The fourth-order valence-electron chi connectivity index (χ4n) is 4.20. The zero-order valence-electron chi connectivity index (χ0n) is 20.9. The molecule has 6 N–H and O–H groups in total.